The molecule has 1 N–H and O–H groups in total. The van der Waals surface area contributed by atoms with Crippen LogP contribution < -0.4 is 5.32 Å². The number of ether oxygens (including phenoxy) is 1. The molecule has 0 bridgehead atoms. The Balaban J connectivity index is 1.63. The summed E-state index contributed by atoms with van der Waals surface area (Å²) in [6, 6.07) is 12.5. The third-order valence-corrected chi connectivity index (χ3v) is 7.02. The van der Waals surface area contributed by atoms with Crippen LogP contribution in [0.4, 0.5) is 0 Å². The van der Waals surface area contributed by atoms with E-state index < -0.39 is 10.0 Å². The fourth-order valence-corrected chi connectivity index (χ4v) is 4.87. The maximum absolute atomic E-state index is 12.8. The van der Waals surface area contributed by atoms with E-state index in [0.717, 1.165) is 12.8 Å². The summed E-state index contributed by atoms with van der Waals surface area (Å²) in [5, 5.41) is 3.06. The molecule has 29 heavy (non-hydrogen) atoms. The predicted molar refractivity (Wildman–Crippen MR) is 113 cm³/mol. The largest absolute Gasteiger partial charge is 0.379 e. The molecule has 0 aromatic heterocycles. The monoisotopic (exact) mass is 436 g/mol. The van der Waals surface area contributed by atoms with Crippen LogP contribution in [0.25, 0.3) is 0 Å². The topological polar surface area (TPSA) is 75.7 Å². The van der Waals surface area contributed by atoms with E-state index in [1.54, 1.807) is 0 Å². The Hall–Kier alpha value is -1.93. The molecule has 1 aliphatic rings. The van der Waals surface area contributed by atoms with Crippen molar-refractivity contribution in [3.8, 4) is 0 Å². The molecule has 156 valence electrons. The van der Waals surface area contributed by atoms with Crippen molar-refractivity contribution >= 4 is 27.5 Å². The molecule has 0 saturated carbocycles. The number of carbonyl (C=O) groups is 1. The van der Waals surface area contributed by atoms with Crippen LogP contribution in [0.1, 0.15) is 27.9 Å². The molecule has 1 saturated heterocycles. The van der Waals surface area contributed by atoms with Gasteiger partial charge in [-0.1, -0.05) is 41.4 Å². The molecule has 0 aliphatic carbocycles. The number of benzene rings is 2. The van der Waals surface area contributed by atoms with Crippen molar-refractivity contribution < 1.29 is 17.9 Å². The second-order valence-corrected chi connectivity index (χ2v) is 9.35. The number of morpholine rings is 1. The first-order valence-corrected chi connectivity index (χ1v) is 11.4. The number of carbonyl (C=O) groups excluding carboxylic acids is 1. The van der Waals surface area contributed by atoms with Crippen LogP contribution >= 0.6 is 11.6 Å². The van der Waals surface area contributed by atoms with Crippen molar-refractivity contribution in [1.29, 1.82) is 0 Å². The summed E-state index contributed by atoms with van der Waals surface area (Å²) in [7, 11) is -3.69. The first-order chi connectivity index (χ1) is 13.9. The number of sulfonamides is 1. The van der Waals surface area contributed by atoms with Gasteiger partial charge in [0.2, 0.25) is 10.0 Å². The minimum Gasteiger partial charge on any atom is -0.379 e. The highest BCUT2D eigenvalue weighted by atomic mass is 35.5. The lowest BCUT2D eigenvalue weighted by Gasteiger charge is -2.26. The smallest absolute Gasteiger partial charge is 0.252 e. The average Bonchev–Trinajstić information content (AvgIpc) is 2.72. The SMILES string of the molecule is Cc1cccc(CCCNC(=O)c2cc(S(=O)(=O)N3CCOCC3)ccc2Cl)c1. The van der Waals surface area contributed by atoms with Gasteiger partial charge in [0, 0.05) is 19.6 Å². The fourth-order valence-electron chi connectivity index (χ4n) is 3.23. The molecule has 3 rings (SSSR count). The second-order valence-electron chi connectivity index (χ2n) is 7.01. The Labute approximate surface area is 176 Å². The van der Waals surface area contributed by atoms with Crippen molar-refractivity contribution in [3.63, 3.8) is 0 Å². The highest BCUT2D eigenvalue weighted by Crippen LogP contribution is 2.23. The van der Waals surface area contributed by atoms with Gasteiger partial charge in [-0.2, -0.15) is 4.31 Å². The molecule has 0 unspecified atom stereocenters. The van der Waals surface area contributed by atoms with E-state index in [0.29, 0.717) is 32.8 Å². The number of aryl methyl sites for hydroxylation is 2. The quantitative estimate of drug-likeness (QED) is 0.677. The van der Waals surface area contributed by atoms with Crippen LogP contribution in [0, 0.1) is 6.92 Å². The fraction of sp³-hybridized carbons (Fsp3) is 0.381. The van der Waals surface area contributed by atoms with Gasteiger partial charge in [0.25, 0.3) is 5.91 Å². The molecule has 0 spiro atoms. The number of nitrogens with one attached hydrogen (secondary N) is 1. The summed E-state index contributed by atoms with van der Waals surface area (Å²) in [5.41, 5.74) is 2.59. The van der Waals surface area contributed by atoms with Crippen molar-refractivity contribution in [1.82, 2.24) is 9.62 Å². The van der Waals surface area contributed by atoms with Crippen LogP contribution in [0.15, 0.2) is 47.4 Å². The number of rotatable bonds is 7. The average molecular weight is 437 g/mol. The van der Waals surface area contributed by atoms with Gasteiger partial charge in [-0.15, -0.1) is 0 Å². The summed E-state index contributed by atoms with van der Waals surface area (Å²) in [6.45, 7) is 3.84. The number of nitrogens with zero attached hydrogens (tertiary/aromatic N) is 1. The van der Waals surface area contributed by atoms with Crippen molar-refractivity contribution in [2.75, 3.05) is 32.8 Å². The van der Waals surface area contributed by atoms with Crippen molar-refractivity contribution in [2.45, 2.75) is 24.7 Å². The van der Waals surface area contributed by atoms with E-state index in [2.05, 4.69) is 17.4 Å². The van der Waals surface area contributed by atoms with Crippen LogP contribution in [0.2, 0.25) is 5.02 Å². The second kappa shape index (κ2) is 9.71. The molecular formula is C21H25ClN2O4S. The van der Waals surface area contributed by atoms with Gasteiger partial charge in [-0.25, -0.2) is 8.42 Å². The summed E-state index contributed by atoms with van der Waals surface area (Å²) < 4.78 is 32.2. The number of hydrogen-bond acceptors (Lipinski definition) is 4. The molecule has 8 heteroatoms. The van der Waals surface area contributed by atoms with Crippen LogP contribution in [-0.4, -0.2) is 51.5 Å². The van der Waals surface area contributed by atoms with Gasteiger partial charge in [-0.05, 0) is 43.5 Å². The van der Waals surface area contributed by atoms with Gasteiger partial charge in [0.15, 0.2) is 0 Å². The highest BCUT2D eigenvalue weighted by molar-refractivity contribution is 7.89. The Morgan fingerprint density at radius 3 is 2.66 bits per heavy atom. The molecule has 1 heterocycles. The molecule has 1 fully saturated rings. The molecule has 1 aliphatic heterocycles. The Bertz CT molecular complexity index is 972. The van der Waals surface area contributed by atoms with Gasteiger partial charge >= 0.3 is 0 Å². The summed E-state index contributed by atoms with van der Waals surface area (Å²) in [6.07, 6.45) is 1.62. The molecule has 2 aromatic carbocycles. The summed E-state index contributed by atoms with van der Waals surface area (Å²) in [4.78, 5) is 12.6. The lowest BCUT2D eigenvalue weighted by Crippen LogP contribution is -2.40. The van der Waals surface area contributed by atoms with Gasteiger partial charge in [0.1, 0.15) is 0 Å². The lowest BCUT2D eigenvalue weighted by molar-refractivity contribution is 0.0730. The van der Waals surface area contributed by atoms with Crippen LogP contribution in [-0.2, 0) is 21.2 Å². The molecule has 1 amide bonds. The standard InChI is InChI=1S/C21H25ClN2O4S/c1-16-4-2-5-17(14-16)6-3-9-23-21(25)19-15-18(7-8-20(19)22)29(26,27)24-10-12-28-13-11-24/h2,4-5,7-8,14-15H,3,6,9-13H2,1H3,(H,23,25). The number of amides is 1. The van der Waals surface area contributed by atoms with E-state index in [1.165, 1.54) is 33.6 Å². The van der Waals surface area contributed by atoms with Crippen LogP contribution in [0.3, 0.4) is 0 Å². The van der Waals surface area contributed by atoms with Gasteiger partial charge in [-0.3, -0.25) is 4.79 Å². The zero-order valence-corrected chi connectivity index (χ0v) is 17.9. The Kier molecular flexibility index (Phi) is 7.29. The van der Waals surface area contributed by atoms with Crippen molar-refractivity contribution in [2.24, 2.45) is 0 Å². The predicted octanol–water partition coefficient (Wildman–Crippen LogP) is 3.03. The van der Waals surface area contributed by atoms with Crippen molar-refractivity contribution in [3.05, 3.63) is 64.2 Å². The zero-order chi connectivity index (χ0) is 20.9. The molecule has 2 aromatic rings. The van der Waals surface area contributed by atoms with Gasteiger partial charge < -0.3 is 10.1 Å². The molecule has 0 atom stereocenters. The minimum absolute atomic E-state index is 0.0636. The first-order valence-electron chi connectivity index (χ1n) is 9.59. The Morgan fingerprint density at radius 2 is 1.93 bits per heavy atom. The molecule has 0 radical (unpaired) electrons. The molecule has 6 nitrogen and oxygen atoms in total. The van der Waals surface area contributed by atoms with Gasteiger partial charge in [0.05, 0.1) is 28.7 Å². The first kappa shape index (κ1) is 21.8. The highest BCUT2D eigenvalue weighted by Gasteiger charge is 2.27. The van der Waals surface area contributed by atoms with E-state index in [9.17, 15) is 13.2 Å². The van der Waals surface area contributed by atoms with E-state index >= 15 is 0 Å². The maximum atomic E-state index is 12.8. The van der Waals surface area contributed by atoms with E-state index in [1.807, 2.05) is 19.1 Å². The van der Waals surface area contributed by atoms with E-state index in [-0.39, 0.29) is 21.4 Å². The number of halogens is 1. The minimum atomic E-state index is -3.69. The maximum Gasteiger partial charge on any atom is 0.252 e. The third-order valence-electron chi connectivity index (χ3n) is 4.80. The number of hydrogen-bond donors (Lipinski definition) is 1. The van der Waals surface area contributed by atoms with Crippen LogP contribution in [0.5, 0.6) is 0 Å². The lowest BCUT2D eigenvalue weighted by atomic mass is 10.1. The Morgan fingerprint density at radius 1 is 1.17 bits per heavy atom. The normalized spacial score (nSPS) is 15.2. The zero-order valence-electron chi connectivity index (χ0n) is 16.4. The summed E-state index contributed by atoms with van der Waals surface area (Å²) >= 11 is 6.16. The molecular weight excluding hydrogens is 412 g/mol. The summed E-state index contributed by atoms with van der Waals surface area (Å²) in [5.74, 6) is -0.377. The third kappa shape index (κ3) is 5.57. The van der Waals surface area contributed by atoms with E-state index in [4.69, 9.17) is 16.3 Å².